The summed E-state index contributed by atoms with van der Waals surface area (Å²) in [6.07, 6.45) is 7.75. The van der Waals surface area contributed by atoms with Gasteiger partial charge in [-0.2, -0.15) is 5.10 Å². The van der Waals surface area contributed by atoms with Crippen molar-refractivity contribution in [1.29, 1.82) is 0 Å². The molecule has 8 nitrogen and oxygen atoms in total. The highest BCUT2D eigenvalue weighted by molar-refractivity contribution is 5.95. The van der Waals surface area contributed by atoms with Crippen molar-refractivity contribution in [3.8, 4) is 5.82 Å². The molecule has 0 spiro atoms. The third-order valence-corrected chi connectivity index (χ3v) is 6.13. The van der Waals surface area contributed by atoms with Gasteiger partial charge in [-0.3, -0.25) is 14.5 Å². The number of aryl methyl sites for hydroxylation is 1. The van der Waals surface area contributed by atoms with Crippen LogP contribution in [0, 0.1) is 13.8 Å². The molecule has 0 bridgehead atoms. The van der Waals surface area contributed by atoms with Crippen molar-refractivity contribution in [2.24, 2.45) is 0 Å². The summed E-state index contributed by atoms with van der Waals surface area (Å²) in [5.41, 5.74) is 3.30. The average Bonchev–Trinajstić information content (AvgIpc) is 2.98. The van der Waals surface area contributed by atoms with Gasteiger partial charge in [0.05, 0.1) is 29.8 Å². The van der Waals surface area contributed by atoms with Crippen LogP contribution in [0.15, 0.2) is 47.7 Å². The number of aromatic nitrogens is 4. The fourth-order valence-corrected chi connectivity index (χ4v) is 4.28. The van der Waals surface area contributed by atoms with Crippen LogP contribution in [0.1, 0.15) is 58.9 Å². The molecule has 1 aliphatic rings. The summed E-state index contributed by atoms with van der Waals surface area (Å²) in [5.74, 6) is 0.206. The van der Waals surface area contributed by atoms with Gasteiger partial charge in [-0.05, 0) is 45.3 Å². The van der Waals surface area contributed by atoms with Gasteiger partial charge in [-0.15, -0.1) is 0 Å². The van der Waals surface area contributed by atoms with E-state index in [2.05, 4.69) is 56.5 Å². The highest BCUT2D eigenvalue weighted by atomic mass is 16.1. The van der Waals surface area contributed by atoms with Crippen molar-refractivity contribution in [2.45, 2.75) is 45.6 Å². The molecule has 1 aliphatic heterocycles. The van der Waals surface area contributed by atoms with Gasteiger partial charge in [0.2, 0.25) is 0 Å². The lowest BCUT2D eigenvalue weighted by Gasteiger charge is -2.31. The van der Waals surface area contributed by atoms with Crippen LogP contribution in [0.4, 0.5) is 0 Å². The number of nitrogens with one attached hydrogen (secondary N) is 2. The third kappa shape index (κ3) is 4.96. The van der Waals surface area contributed by atoms with Crippen molar-refractivity contribution in [3.05, 3.63) is 75.6 Å². The number of benzene rings is 1. The van der Waals surface area contributed by atoms with E-state index < -0.39 is 0 Å². The number of aromatic amines is 1. The predicted octanol–water partition coefficient (Wildman–Crippen LogP) is 2.92. The number of nitrogens with zero attached hydrogens (tertiary/aromatic N) is 4. The Balaban J connectivity index is 1.52. The first-order valence-corrected chi connectivity index (χ1v) is 11.2. The maximum absolute atomic E-state index is 13.0. The molecule has 1 fully saturated rings. The SMILES string of the molecule is Cc1ccc(C(CNC(=O)c2cnn(-c3cc(=O)[nH]cn3)c2C)N2CCCCCC2)cc1. The molecule has 0 radical (unpaired) electrons. The lowest BCUT2D eigenvalue weighted by Crippen LogP contribution is -2.38. The van der Waals surface area contributed by atoms with Crippen LogP contribution in [-0.4, -0.2) is 50.2 Å². The van der Waals surface area contributed by atoms with Gasteiger partial charge in [0, 0.05) is 12.6 Å². The topological polar surface area (TPSA) is 95.9 Å². The van der Waals surface area contributed by atoms with Crippen molar-refractivity contribution in [3.63, 3.8) is 0 Å². The van der Waals surface area contributed by atoms with Gasteiger partial charge in [0.1, 0.15) is 0 Å². The lowest BCUT2D eigenvalue weighted by atomic mass is 10.0. The standard InChI is InChI=1S/C24H30N6O2/c1-17-7-9-19(10-8-17)21(29-11-5-3-4-6-12-29)15-25-24(32)20-14-28-30(18(20)2)22-13-23(31)27-16-26-22/h7-10,13-14,16,21H,3-6,11-12,15H2,1-2H3,(H,25,32)(H,26,27,31). The summed E-state index contributed by atoms with van der Waals surface area (Å²) < 4.78 is 1.51. The van der Waals surface area contributed by atoms with Crippen molar-refractivity contribution in [1.82, 2.24) is 30.0 Å². The maximum atomic E-state index is 13.0. The van der Waals surface area contributed by atoms with E-state index in [0.717, 1.165) is 13.1 Å². The number of rotatable bonds is 6. The molecule has 4 rings (SSSR count). The fraction of sp³-hybridized carbons (Fsp3) is 0.417. The van der Waals surface area contributed by atoms with E-state index in [1.165, 1.54) is 60.1 Å². The van der Waals surface area contributed by atoms with Crippen LogP contribution in [0.5, 0.6) is 0 Å². The highest BCUT2D eigenvalue weighted by Crippen LogP contribution is 2.24. The van der Waals surface area contributed by atoms with E-state index in [4.69, 9.17) is 0 Å². The number of amides is 1. The van der Waals surface area contributed by atoms with Crippen LogP contribution in [0.25, 0.3) is 5.82 Å². The normalized spacial score (nSPS) is 15.8. The van der Waals surface area contributed by atoms with Crippen molar-refractivity contribution < 1.29 is 4.79 Å². The zero-order valence-corrected chi connectivity index (χ0v) is 18.7. The summed E-state index contributed by atoms with van der Waals surface area (Å²) in [5, 5.41) is 7.40. The molecule has 2 aromatic heterocycles. The quantitative estimate of drug-likeness (QED) is 0.622. The van der Waals surface area contributed by atoms with Crippen LogP contribution >= 0.6 is 0 Å². The largest absolute Gasteiger partial charge is 0.350 e. The molecule has 0 aliphatic carbocycles. The molecular formula is C24H30N6O2. The predicted molar refractivity (Wildman–Crippen MR) is 123 cm³/mol. The first-order chi connectivity index (χ1) is 15.5. The minimum Gasteiger partial charge on any atom is -0.350 e. The Morgan fingerprint density at radius 1 is 1.12 bits per heavy atom. The van der Waals surface area contributed by atoms with Gasteiger partial charge in [-0.1, -0.05) is 42.7 Å². The van der Waals surface area contributed by atoms with Gasteiger partial charge in [0.25, 0.3) is 11.5 Å². The zero-order valence-electron chi connectivity index (χ0n) is 18.7. The Bertz CT molecular complexity index is 1110. The van der Waals surface area contributed by atoms with Gasteiger partial charge in [-0.25, -0.2) is 9.67 Å². The number of carbonyl (C=O) groups is 1. The molecule has 2 N–H and O–H groups in total. The molecule has 168 valence electrons. The second-order valence-electron chi connectivity index (χ2n) is 8.41. The second-order valence-corrected chi connectivity index (χ2v) is 8.41. The monoisotopic (exact) mass is 434 g/mol. The molecule has 1 atom stereocenters. The molecule has 3 aromatic rings. The van der Waals surface area contributed by atoms with Crippen LogP contribution < -0.4 is 10.9 Å². The summed E-state index contributed by atoms with van der Waals surface area (Å²) in [6.45, 7) is 6.49. The van der Waals surface area contributed by atoms with Crippen LogP contribution in [0.3, 0.4) is 0 Å². The molecular weight excluding hydrogens is 404 g/mol. The zero-order chi connectivity index (χ0) is 22.5. The third-order valence-electron chi connectivity index (χ3n) is 6.13. The van der Waals surface area contributed by atoms with Crippen molar-refractivity contribution in [2.75, 3.05) is 19.6 Å². The lowest BCUT2D eigenvalue weighted by molar-refractivity contribution is 0.0932. The minimum atomic E-state index is -0.269. The second kappa shape index (κ2) is 9.91. The first kappa shape index (κ1) is 22.0. The van der Waals surface area contributed by atoms with E-state index in [1.54, 1.807) is 6.92 Å². The molecule has 1 unspecified atom stereocenters. The molecule has 32 heavy (non-hydrogen) atoms. The average molecular weight is 435 g/mol. The number of likely N-dealkylation sites (tertiary alicyclic amines) is 1. The Hall–Kier alpha value is -3.26. The Morgan fingerprint density at radius 2 is 1.84 bits per heavy atom. The maximum Gasteiger partial charge on any atom is 0.254 e. The van der Waals surface area contributed by atoms with Crippen LogP contribution in [0.2, 0.25) is 0 Å². The van der Waals surface area contributed by atoms with E-state index in [-0.39, 0.29) is 17.5 Å². The summed E-state index contributed by atoms with van der Waals surface area (Å²) >= 11 is 0. The molecule has 3 heterocycles. The molecule has 1 amide bonds. The Labute approximate surface area is 187 Å². The number of H-pyrrole nitrogens is 1. The van der Waals surface area contributed by atoms with E-state index >= 15 is 0 Å². The molecule has 8 heteroatoms. The Morgan fingerprint density at radius 3 is 2.53 bits per heavy atom. The van der Waals surface area contributed by atoms with E-state index in [9.17, 15) is 9.59 Å². The Kier molecular flexibility index (Phi) is 6.80. The van der Waals surface area contributed by atoms with E-state index in [0.29, 0.717) is 23.6 Å². The first-order valence-electron chi connectivity index (χ1n) is 11.2. The number of carbonyl (C=O) groups excluding carboxylic acids is 1. The molecule has 1 aromatic carbocycles. The molecule has 1 saturated heterocycles. The van der Waals surface area contributed by atoms with Gasteiger partial charge < -0.3 is 10.3 Å². The summed E-state index contributed by atoms with van der Waals surface area (Å²) in [6, 6.07) is 10.1. The summed E-state index contributed by atoms with van der Waals surface area (Å²) in [4.78, 5) is 33.8. The highest BCUT2D eigenvalue weighted by Gasteiger charge is 2.23. The van der Waals surface area contributed by atoms with Gasteiger partial charge in [0.15, 0.2) is 5.82 Å². The summed E-state index contributed by atoms with van der Waals surface area (Å²) in [7, 11) is 0. The smallest absolute Gasteiger partial charge is 0.254 e. The molecule has 0 saturated carbocycles. The van der Waals surface area contributed by atoms with Crippen LogP contribution in [-0.2, 0) is 0 Å². The van der Waals surface area contributed by atoms with Crippen molar-refractivity contribution >= 4 is 5.91 Å². The number of hydrogen-bond acceptors (Lipinski definition) is 5. The number of hydrogen-bond donors (Lipinski definition) is 2. The van der Waals surface area contributed by atoms with E-state index in [1.807, 2.05) is 0 Å². The fourth-order valence-electron chi connectivity index (χ4n) is 4.28. The van der Waals surface area contributed by atoms with Gasteiger partial charge >= 0.3 is 0 Å². The minimum absolute atomic E-state index is 0.127.